The van der Waals surface area contributed by atoms with Gasteiger partial charge < -0.3 is 14.2 Å². The molecule has 2 aromatic carbocycles. The van der Waals surface area contributed by atoms with Gasteiger partial charge in [-0.1, -0.05) is 6.92 Å². The Morgan fingerprint density at radius 3 is 2.00 bits per heavy atom. The van der Waals surface area contributed by atoms with Crippen LogP contribution in [-0.2, 0) is 0 Å². The zero-order chi connectivity index (χ0) is 18.9. The quantitative estimate of drug-likeness (QED) is 0.743. The van der Waals surface area contributed by atoms with Gasteiger partial charge in [0, 0.05) is 11.1 Å². The van der Waals surface area contributed by atoms with Crippen LogP contribution in [0.3, 0.4) is 0 Å². The fourth-order valence-corrected chi connectivity index (χ4v) is 2.16. The van der Waals surface area contributed by atoms with E-state index in [2.05, 4.69) is 10.9 Å². The maximum atomic E-state index is 12.2. The second kappa shape index (κ2) is 9.31. The van der Waals surface area contributed by atoms with E-state index in [0.29, 0.717) is 35.0 Å². The van der Waals surface area contributed by atoms with E-state index >= 15 is 0 Å². The molecule has 0 aromatic heterocycles. The normalized spacial score (nSPS) is 9.96. The molecule has 2 N–H and O–H groups in total. The monoisotopic (exact) mass is 358 g/mol. The van der Waals surface area contributed by atoms with E-state index in [9.17, 15) is 9.59 Å². The average Bonchev–Trinajstić information content (AvgIpc) is 2.69. The molecule has 0 spiro atoms. The minimum Gasteiger partial charge on any atom is -0.494 e. The molecule has 0 aliphatic heterocycles. The third kappa shape index (κ3) is 4.89. The number of rotatable bonds is 7. The first kappa shape index (κ1) is 19.1. The summed E-state index contributed by atoms with van der Waals surface area (Å²) in [5.41, 5.74) is 5.47. The van der Waals surface area contributed by atoms with E-state index in [-0.39, 0.29) is 0 Å². The molecule has 0 unspecified atom stereocenters. The first-order valence-corrected chi connectivity index (χ1v) is 8.14. The summed E-state index contributed by atoms with van der Waals surface area (Å²) in [5, 5.41) is 0. The van der Waals surface area contributed by atoms with Crippen LogP contribution < -0.4 is 25.1 Å². The van der Waals surface area contributed by atoms with Crippen molar-refractivity contribution in [3.63, 3.8) is 0 Å². The highest BCUT2D eigenvalue weighted by Crippen LogP contribution is 2.27. The van der Waals surface area contributed by atoms with Gasteiger partial charge in [-0.05, 0) is 48.9 Å². The number of hydrazine groups is 1. The molecule has 0 aliphatic carbocycles. The van der Waals surface area contributed by atoms with Crippen molar-refractivity contribution in [2.75, 3.05) is 20.8 Å². The summed E-state index contributed by atoms with van der Waals surface area (Å²) in [6, 6.07) is 11.4. The summed E-state index contributed by atoms with van der Waals surface area (Å²) >= 11 is 0. The third-order valence-corrected chi connectivity index (χ3v) is 3.52. The van der Waals surface area contributed by atoms with Gasteiger partial charge in [-0.15, -0.1) is 0 Å². The number of nitrogens with one attached hydrogen (secondary N) is 2. The van der Waals surface area contributed by atoms with Crippen molar-refractivity contribution in [3.8, 4) is 17.2 Å². The Labute approximate surface area is 152 Å². The number of ether oxygens (including phenoxy) is 3. The number of carbonyl (C=O) groups excluding carboxylic acids is 2. The Kier molecular flexibility index (Phi) is 6.84. The van der Waals surface area contributed by atoms with Crippen molar-refractivity contribution < 1.29 is 23.8 Å². The predicted octanol–water partition coefficient (Wildman–Crippen LogP) is 2.57. The number of carbonyl (C=O) groups is 2. The lowest BCUT2D eigenvalue weighted by Gasteiger charge is -2.11. The van der Waals surface area contributed by atoms with Gasteiger partial charge in [0.05, 0.1) is 20.8 Å². The topological polar surface area (TPSA) is 85.9 Å². The zero-order valence-corrected chi connectivity index (χ0v) is 15.0. The van der Waals surface area contributed by atoms with E-state index < -0.39 is 11.8 Å². The second-order valence-corrected chi connectivity index (χ2v) is 5.35. The first-order valence-electron chi connectivity index (χ1n) is 8.14. The van der Waals surface area contributed by atoms with Gasteiger partial charge >= 0.3 is 0 Å². The van der Waals surface area contributed by atoms with Crippen molar-refractivity contribution in [3.05, 3.63) is 53.6 Å². The molecule has 7 nitrogen and oxygen atoms in total. The van der Waals surface area contributed by atoms with Crippen LogP contribution >= 0.6 is 0 Å². The summed E-state index contributed by atoms with van der Waals surface area (Å²) in [6.07, 6.45) is 0.907. The van der Waals surface area contributed by atoms with Crippen molar-refractivity contribution >= 4 is 11.8 Å². The molecule has 2 amide bonds. The molecule has 0 bridgehead atoms. The van der Waals surface area contributed by atoms with Gasteiger partial charge in [0.1, 0.15) is 5.75 Å². The summed E-state index contributed by atoms with van der Waals surface area (Å²) in [4.78, 5) is 24.3. The maximum absolute atomic E-state index is 12.2. The number of hydrogen-bond acceptors (Lipinski definition) is 5. The average molecular weight is 358 g/mol. The smallest absolute Gasteiger partial charge is 0.269 e. The van der Waals surface area contributed by atoms with Gasteiger partial charge in [0.15, 0.2) is 11.5 Å². The molecule has 0 atom stereocenters. The molecule has 26 heavy (non-hydrogen) atoms. The summed E-state index contributed by atoms with van der Waals surface area (Å²) in [5.74, 6) is 0.730. The highest BCUT2D eigenvalue weighted by atomic mass is 16.5. The van der Waals surface area contributed by atoms with Crippen LogP contribution in [0.2, 0.25) is 0 Å². The van der Waals surface area contributed by atoms with Crippen LogP contribution in [0.25, 0.3) is 0 Å². The molecule has 0 saturated carbocycles. The predicted molar refractivity (Wildman–Crippen MR) is 96.7 cm³/mol. The van der Waals surface area contributed by atoms with Crippen LogP contribution in [0.5, 0.6) is 17.2 Å². The largest absolute Gasteiger partial charge is 0.494 e. The molecule has 0 radical (unpaired) electrons. The summed E-state index contributed by atoms with van der Waals surface area (Å²) < 4.78 is 15.7. The highest BCUT2D eigenvalue weighted by molar-refractivity contribution is 5.99. The SMILES string of the molecule is CCCOc1ccc(C(=O)NNC(=O)c2ccc(OC)c(OC)c2)cc1. The Bertz CT molecular complexity index is 759. The van der Waals surface area contributed by atoms with Gasteiger partial charge in [-0.25, -0.2) is 0 Å². The zero-order valence-electron chi connectivity index (χ0n) is 15.0. The van der Waals surface area contributed by atoms with Crippen molar-refractivity contribution in [2.24, 2.45) is 0 Å². The molecule has 0 heterocycles. The van der Waals surface area contributed by atoms with Crippen molar-refractivity contribution in [1.82, 2.24) is 10.9 Å². The molecule has 2 aromatic rings. The van der Waals surface area contributed by atoms with Crippen LogP contribution in [0, 0.1) is 0 Å². The van der Waals surface area contributed by atoms with Crippen molar-refractivity contribution in [2.45, 2.75) is 13.3 Å². The molecule has 7 heteroatoms. The van der Waals surface area contributed by atoms with E-state index in [1.807, 2.05) is 6.92 Å². The Hall–Kier alpha value is -3.22. The Balaban J connectivity index is 1.95. The van der Waals surface area contributed by atoms with Crippen molar-refractivity contribution in [1.29, 1.82) is 0 Å². The summed E-state index contributed by atoms with van der Waals surface area (Å²) in [7, 11) is 2.99. The molecule has 138 valence electrons. The molecule has 0 fully saturated rings. The second-order valence-electron chi connectivity index (χ2n) is 5.35. The van der Waals surface area contributed by atoms with Gasteiger partial charge in [-0.3, -0.25) is 20.4 Å². The van der Waals surface area contributed by atoms with Crippen LogP contribution in [0.4, 0.5) is 0 Å². The maximum Gasteiger partial charge on any atom is 0.269 e. The third-order valence-electron chi connectivity index (χ3n) is 3.52. The lowest BCUT2D eigenvalue weighted by molar-refractivity contribution is 0.0846. The number of hydrogen-bond donors (Lipinski definition) is 2. The fraction of sp³-hybridized carbons (Fsp3) is 0.263. The molecule has 0 saturated heterocycles. The fourth-order valence-electron chi connectivity index (χ4n) is 2.16. The molecular weight excluding hydrogens is 336 g/mol. The molecule has 0 aliphatic rings. The first-order chi connectivity index (χ1) is 12.6. The number of amides is 2. The molecule has 2 rings (SSSR count). The van der Waals surface area contributed by atoms with Gasteiger partial charge in [0.25, 0.3) is 11.8 Å². The van der Waals surface area contributed by atoms with Gasteiger partial charge in [-0.2, -0.15) is 0 Å². The standard InChI is InChI=1S/C19H22N2O5/c1-4-11-26-15-8-5-13(6-9-15)18(22)20-21-19(23)14-7-10-16(24-2)17(12-14)25-3/h5-10,12H,4,11H2,1-3H3,(H,20,22)(H,21,23). The Morgan fingerprint density at radius 1 is 0.846 bits per heavy atom. The highest BCUT2D eigenvalue weighted by Gasteiger charge is 2.12. The molecular formula is C19H22N2O5. The number of benzene rings is 2. The van der Waals surface area contributed by atoms with Crippen LogP contribution in [-0.4, -0.2) is 32.6 Å². The van der Waals surface area contributed by atoms with Gasteiger partial charge in [0.2, 0.25) is 0 Å². The lowest BCUT2D eigenvalue weighted by Crippen LogP contribution is -2.41. The van der Waals surface area contributed by atoms with E-state index in [0.717, 1.165) is 6.42 Å². The van der Waals surface area contributed by atoms with Crippen LogP contribution in [0.15, 0.2) is 42.5 Å². The minimum atomic E-state index is -0.470. The van der Waals surface area contributed by atoms with E-state index in [1.165, 1.54) is 20.3 Å². The van der Waals surface area contributed by atoms with E-state index in [1.54, 1.807) is 36.4 Å². The van der Waals surface area contributed by atoms with E-state index in [4.69, 9.17) is 14.2 Å². The van der Waals surface area contributed by atoms with Crippen LogP contribution in [0.1, 0.15) is 34.1 Å². The minimum absolute atomic E-state index is 0.325. The summed E-state index contributed by atoms with van der Waals surface area (Å²) in [6.45, 7) is 2.63. The Morgan fingerprint density at radius 2 is 1.42 bits per heavy atom. The number of methoxy groups -OCH3 is 2. The lowest BCUT2D eigenvalue weighted by atomic mass is 10.2.